The van der Waals surface area contributed by atoms with Crippen molar-refractivity contribution in [2.45, 2.75) is 62.4 Å². The Bertz CT molecular complexity index is 1360. The zero-order valence-electron chi connectivity index (χ0n) is 24.8. The summed E-state index contributed by atoms with van der Waals surface area (Å²) in [6, 6.07) is -1.83. The van der Waals surface area contributed by atoms with Crippen molar-refractivity contribution in [2.75, 3.05) is 24.7 Å². The van der Waals surface area contributed by atoms with Gasteiger partial charge < -0.3 is 30.3 Å². The molecule has 1 saturated carbocycles. The topological polar surface area (TPSA) is 226 Å². The number of rotatable bonds is 10. The van der Waals surface area contributed by atoms with Crippen LogP contribution < -0.4 is 10.6 Å². The van der Waals surface area contributed by atoms with Crippen LogP contribution in [-0.2, 0) is 47.8 Å². The molecule has 16 nitrogen and oxygen atoms in total. The smallest absolute Gasteiger partial charge is 0.352 e. The van der Waals surface area contributed by atoms with Crippen molar-refractivity contribution in [1.29, 1.82) is 0 Å². The summed E-state index contributed by atoms with van der Waals surface area (Å²) in [5.41, 5.74) is 0.0912. The number of fused-ring (bicyclic) bond motifs is 2. The summed E-state index contributed by atoms with van der Waals surface area (Å²) < 4.78 is 9.85. The van der Waals surface area contributed by atoms with Crippen molar-refractivity contribution >= 4 is 71.0 Å². The first kappa shape index (κ1) is 33.3. The van der Waals surface area contributed by atoms with Crippen molar-refractivity contribution in [3.05, 3.63) is 22.5 Å². The highest BCUT2D eigenvalue weighted by molar-refractivity contribution is 8.00. The van der Waals surface area contributed by atoms with E-state index >= 15 is 0 Å². The largest absolute Gasteiger partial charge is 0.477 e. The van der Waals surface area contributed by atoms with Gasteiger partial charge in [-0.1, -0.05) is 0 Å². The molecule has 0 aromatic carbocycles. The molecule has 18 heteroatoms. The van der Waals surface area contributed by atoms with Gasteiger partial charge in [-0.3, -0.25) is 38.6 Å². The van der Waals surface area contributed by atoms with Crippen LogP contribution in [0.3, 0.4) is 0 Å². The number of carbonyl (C=O) groups excluding carboxylic acids is 6. The third-order valence-electron chi connectivity index (χ3n) is 8.46. The molecule has 0 bridgehead atoms. The number of carbonyl (C=O) groups is 8. The number of β-lactam (4-membered cyclic amide) rings is 2. The van der Waals surface area contributed by atoms with E-state index in [-0.39, 0.29) is 47.9 Å². The van der Waals surface area contributed by atoms with Gasteiger partial charge in [-0.2, -0.15) is 0 Å². The Labute approximate surface area is 270 Å². The number of esters is 2. The number of aliphatic carboxylic acids is 2. The molecule has 5 aliphatic rings. The quantitative estimate of drug-likeness (QED) is 0.167. The van der Waals surface area contributed by atoms with Crippen LogP contribution in [0.2, 0.25) is 0 Å². The number of carboxylic acid groups (broad SMARTS) is 2. The third kappa shape index (κ3) is 6.31. The van der Waals surface area contributed by atoms with Gasteiger partial charge in [0.05, 0.1) is 0 Å². The zero-order chi connectivity index (χ0) is 33.4. The van der Waals surface area contributed by atoms with Gasteiger partial charge in [0.25, 0.3) is 11.8 Å². The highest BCUT2D eigenvalue weighted by atomic mass is 32.2. The summed E-state index contributed by atoms with van der Waals surface area (Å²) in [6.45, 7) is 1.89. The van der Waals surface area contributed by atoms with Crippen LogP contribution in [-0.4, -0.2) is 115 Å². The highest BCUT2D eigenvalue weighted by Crippen LogP contribution is 2.42. The van der Waals surface area contributed by atoms with Crippen molar-refractivity contribution in [2.24, 2.45) is 11.8 Å². The van der Waals surface area contributed by atoms with E-state index in [1.165, 1.54) is 37.4 Å². The van der Waals surface area contributed by atoms with Gasteiger partial charge in [-0.15, -0.1) is 23.5 Å². The lowest BCUT2D eigenvalue weighted by molar-refractivity contribution is -0.152. The van der Waals surface area contributed by atoms with Crippen molar-refractivity contribution in [1.82, 2.24) is 20.4 Å². The van der Waals surface area contributed by atoms with Gasteiger partial charge in [-0.05, 0) is 25.7 Å². The van der Waals surface area contributed by atoms with Crippen LogP contribution in [0.1, 0.15) is 39.5 Å². The zero-order valence-corrected chi connectivity index (χ0v) is 26.4. The number of amides is 4. The summed E-state index contributed by atoms with van der Waals surface area (Å²) in [6.07, 6.45) is 1.42. The third-order valence-corrected chi connectivity index (χ3v) is 11.1. The van der Waals surface area contributed by atoms with E-state index in [0.717, 1.165) is 9.80 Å². The number of carboxylic acids is 2. The van der Waals surface area contributed by atoms with E-state index in [4.69, 9.17) is 9.47 Å². The van der Waals surface area contributed by atoms with Gasteiger partial charge >= 0.3 is 23.9 Å². The monoisotopic (exact) mass is 680 g/mol. The summed E-state index contributed by atoms with van der Waals surface area (Å²) in [5, 5.41) is 23.6. The second kappa shape index (κ2) is 13.4. The van der Waals surface area contributed by atoms with Crippen molar-refractivity contribution < 1.29 is 58.0 Å². The summed E-state index contributed by atoms with van der Waals surface area (Å²) >= 11 is 2.52. The first-order chi connectivity index (χ1) is 21.8. The van der Waals surface area contributed by atoms with E-state index in [1.807, 2.05) is 0 Å². The molecular weight excluding hydrogens is 648 g/mol. The molecular formula is C28H32N4O12S2. The molecule has 0 aromatic rings. The van der Waals surface area contributed by atoms with Crippen molar-refractivity contribution in [3.8, 4) is 0 Å². The molecule has 248 valence electrons. The molecule has 0 spiro atoms. The lowest BCUT2D eigenvalue weighted by atomic mass is 9.80. The Morgan fingerprint density at radius 3 is 1.35 bits per heavy atom. The standard InChI is InChI=1S/C28H32N4O12S2/c1-11(33)43-7-15-9-45-25-17(23(37)31(25)19(15)27(39)40)29-21(35)13-3-5-14(6-4-13)22(36)30-18-24(38)32-20(28(41)42)16(8-44-12(2)34)10-46-26(18)32/h13-14,17-18,25-26H,3-10H2,1-2H3,(H,29,35)(H,30,36)(H,39,40)(H,41,42)/t13?,14?,17-,18-,25-,26-/m1/s1. The maximum Gasteiger partial charge on any atom is 0.352 e. The number of nitrogens with zero attached hydrogens (tertiary/aromatic N) is 2. The van der Waals surface area contributed by atoms with Gasteiger partial charge in [0, 0.05) is 48.3 Å². The minimum absolute atomic E-state index is 0.208. The van der Waals surface area contributed by atoms with Crippen LogP contribution in [0.15, 0.2) is 22.5 Å². The molecule has 46 heavy (non-hydrogen) atoms. The molecule has 4 amide bonds. The van der Waals surface area contributed by atoms with E-state index in [1.54, 1.807) is 0 Å². The molecule has 1 aliphatic carbocycles. The number of hydrogen-bond donors (Lipinski definition) is 4. The number of nitrogens with one attached hydrogen (secondary N) is 2. The minimum atomic E-state index is -1.33. The lowest BCUT2D eigenvalue weighted by Crippen LogP contribution is -2.71. The average Bonchev–Trinajstić information content (AvgIpc) is 3.02. The first-order valence-corrected chi connectivity index (χ1v) is 16.6. The molecule has 0 aromatic heterocycles. The van der Waals surface area contributed by atoms with Crippen molar-refractivity contribution in [3.63, 3.8) is 0 Å². The Morgan fingerprint density at radius 2 is 1.04 bits per heavy atom. The maximum atomic E-state index is 13.1. The molecule has 0 unspecified atom stereocenters. The first-order valence-electron chi connectivity index (χ1n) is 14.5. The minimum Gasteiger partial charge on any atom is -0.477 e. The molecule has 3 fully saturated rings. The molecule has 0 radical (unpaired) electrons. The predicted molar refractivity (Wildman–Crippen MR) is 158 cm³/mol. The SMILES string of the molecule is CC(=O)OCC1=C(C(=O)O)N2C(=O)[C@@H](NC(=O)C3CCC(C(=O)N[C@@H]4C(=O)N5C(C(=O)O)=C(COC(C)=O)CS[C@H]45)CC3)[C@H]2SC1. The number of hydrogen-bond acceptors (Lipinski definition) is 12. The van der Waals surface area contributed by atoms with Gasteiger partial charge in [0.15, 0.2) is 0 Å². The fourth-order valence-electron chi connectivity index (χ4n) is 6.13. The van der Waals surface area contributed by atoms with Crippen LogP contribution in [0.5, 0.6) is 0 Å². The summed E-state index contributed by atoms with van der Waals surface area (Å²) in [5.74, 6) is -6.23. The maximum absolute atomic E-state index is 13.1. The van der Waals surface area contributed by atoms with Gasteiger partial charge in [-0.25, -0.2) is 9.59 Å². The Balaban J connectivity index is 1.11. The molecule has 4 aliphatic heterocycles. The normalized spacial score (nSPS) is 28.7. The Hall–Kier alpha value is -4.06. The molecule has 4 N–H and O–H groups in total. The lowest BCUT2D eigenvalue weighted by Gasteiger charge is -2.50. The van der Waals surface area contributed by atoms with Crippen LogP contribution in [0.4, 0.5) is 0 Å². The fraction of sp³-hybridized carbons (Fsp3) is 0.571. The van der Waals surface area contributed by atoms with E-state index in [0.29, 0.717) is 36.8 Å². The summed E-state index contributed by atoms with van der Waals surface area (Å²) in [4.78, 5) is 100. The molecule has 4 heterocycles. The molecule has 5 rings (SSSR count). The van der Waals surface area contributed by atoms with Gasteiger partial charge in [0.2, 0.25) is 11.8 Å². The van der Waals surface area contributed by atoms with Crippen LogP contribution in [0.25, 0.3) is 0 Å². The molecule has 2 saturated heterocycles. The highest BCUT2D eigenvalue weighted by Gasteiger charge is 2.56. The Kier molecular flexibility index (Phi) is 9.67. The molecule has 4 atom stereocenters. The van der Waals surface area contributed by atoms with E-state index in [2.05, 4.69) is 10.6 Å². The second-order valence-electron chi connectivity index (χ2n) is 11.4. The number of ether oxygens (including phenoxy) is 2. The van der Waals surface area contributed by atoms with Crippen LogP contribution >= 0.6 is 23.5 Å². The van der Waals surface area contributed by atoms with Gasteiger partial charge in [0.1, 0.15) is 47.4 Å². The number of thioether (sulfide) groups is 2. The predicted octanol–water partition coefficient (Wildman–Crippen LogP) is -0.604. The Morgan fingerprint density at radius 1 is 0.696 bits per heavy atom. The van der Waals surface area contributed by atoms with E-state index in [9.17, 15) is 48.6 Å². The van der Waals surface area contributed by atoms with E-state index < -0.39 is 70.4 Å². The second-order valence-corrected chi connectivity index (χ2v) is 13.6. The van der Waals surface area contributed by atoms with Crippen LogP contribution in [0, 0.1) is 11.8 Å². The summed E-state index contributed by atoms with van der Waals surface area (Å²) in [7, 11) is 0. The average molecular weight is 681 g/mol. The fourth-order valence-corrected chi connectivity index (χ4v) is 8.78.